The largest absolute Gasteiger partial charge is 0.497 e. The quantitative estimate of drug-likeness (QED) is 0.505. The first-order valence-corrected chi connectivity index (χ1v) is 10.1. The van der Waals surface area contributed by atoms with Crippen molar-refractivity contribution in [1.82, 2.24) is 0 Å². The Kier molecular flexibility index (Phi) is 7.75. The van der Waals surface area contributed by atoms with Gasteiger partial charge in [0.15, 0.2) is 18.1 Å². The fourth-order valence-corrected chi connectivity index (χ4v) is 3.06. The Morgan fingerprint density at radius 2 is 1.45 bits per heavy atom. The van der Waals surface area contributed by atoms with Gasteiger partial charge in [0.1, 0.15) is 11.5 Å². The lowest BCUT2D eigenvalue weighted by atomic mass is 10.1. The topological polar surface area (TPSA) is 95.1 Å². The highest BCUT2D eigenvalue weighted by Crippen LogP contribution is 2.30. The predicted octanol–water partition coefficient (Wildman–Crippen LogP) is 4.29. The molecule has 0 aliphatic rings. The molecule has 0 bridgehead atoms. The molecular weight excluding hydrogens is 424 g/mol. The Labute approximate surface area is 192 Å². The highest BCUT2D eigenvalue weighted by atomic mass is 16.5. The molecule has 8 heteroatoms. The average molecular weight is 450 g/mol. The normalized spacial score (nSPS) is 10.2. The molecule has 2 amide bonds. The van der Waals surface area contributed by atoms with Crippen molar-refractivity contribution in [2.24, 2.45) is 0 Å². The van der Waals surface area contributed by atoms with E-state index in [2.05, 4.69) is 10.6 Å². The Morgan fingerprint density at radius 1 is 0.758 bits per heavy atom. The summed E-state index contributed by atoms with van der Waals surface area (Å²) in [5.41, 5.74) is 2.54. The average Bonchev–Trinajstić information content (AvgIpc) is 2.83. The molecule has 33 heavy (non-hydrogen) atoms. The summed E-state index contributed by atoms with van der Waals surface area (Å²) in [6, 6.07) is 17.2. The zero-order valence-corrected chi connectivity index (χ0v) is 18.9. The number of amides is 2. The van der Waals surface area contributed by atoms with Crippen molar-refractivity contribution in [1.29, 1.82) is 0 Å². The van der Waals surface area contributed by atoms with Crippen LogP contribution in [0.15, 0.2) is 60.7 Å². The lowest BCUT2D eigenvalue weighted by molar-refractivity contribution is -0.118. The molecule has 0 aliphatic heterocycles. The van der Waals surface area contributed by atoms with Crippen LogP contribution in [-0.4, -0.2) is 39.8 Å². The van der Waals surface area contributed by atoms with E-state index in [9.17, 15) is 9.59 Å². The van der Waals surface area contributed by atoms with E-state index in [-0.39, 0.29) is 18.4 Å². The molecule has 0 atom stereocenters. The monoisotopic (exact) mass is 450 g/mol. The third-order valence-electron chi connectivity index (χ3n) is 4.76. The van der Waals surface area contributed by atoms with E-state index in [0.29, 0.717) is 39.9 Å². The van der Waals surface area contributed by atoms with Crippen LogP contribution in [0.4, 0.5) is 11.4 Å². The van der Waals surface area contributed by atoms with E-state index in [0.717, 1.165) is 5.56 Å². The van der Waals surface area contributed by atoms with Crippen molar-refractivity contribution in [3.05, 3.63) is 71.8 Å². The molecular formula is C25H26N2O6. The molecule has 0 unspecified atom stereocenters. The first-order valence-electron chi connectivity index (χ1n) is 10.1. The lowest BCUT2D eigenvalue weighted by Crippen LogP contribution is -2.20. The van der Waals surface area contributed by atoms with Gasteiger partial charge in [0, 0.05) is 11.3 Å². The number of hydrogen-bond donors (Lipinski definition) is 2. The van der Waals surface area contributed by atoms with Gasteiger partial charge in [-0.25, -0.2) is 0 Å². The first-order chi connectivity index (χ1) is 15.9. The highest BCUT2D eigenvalue weighted by Gasteiger charge is 2.15. The van der Waals surface area contributed by atoms with Crippen LogP contribution < -0.4 is 29.6 Å². The number of carbonyl (C=O) groups excluding carboxylic acids is 2. The summed E-state index contributed by atoms with van der Waals surface area (Å²) < 4.78 is 21.4. The number of aryl methyl sites for hydroxylation is 1. The number of anilines is 2. The van der Waals surface area contributed by atoms with Gasteiger partial charge in [-0.2, -0.15) is 0 Å². The second-order valence-electron chi connectivity index (χ2n) is 7.09. The number of methoxy groups -OCH3 is 3. The zero-order chi connectivity index (χ0) is 23.8. The molecule has 0 heterocycles. The van der Waals surface area contributed by atoms with Crippen LogP contribution in [0.5, 0.6) is 23.0 Å². The van der Waals surface area contributed by atoms with Gasteiger partial charge < -0.3 is 29.6 Å². The van der Waals surface area contributed by atoms with E-state index in [1.165, 1.54) is 7.11 Å². The Morgan fingerprint density at radius 3 is 2.12 bits per heavy atom. The van der Waals surface area contributed by atoms with Gasteiger partial charge in [-0.15, -0.1) is 0 Å². The van der Waals surface area contributed by atoms with Crippen LogP contribution in [-0.2, 0) is 4.79 Å². The molecule has 3 aromatic rings. The smallest absolute Gasteiger partial charge is 0.262 e. The zero-order valence-electron chi connectivity index (χ0n) is 18.9. The van der Waals surface area contributed by atoms with Crippen LogP contribution in [0, 0.1) is 6.92 Å². The Hall–Kier alpha value is -4.20. The number of ether oxygens (including phenoxy) is 4. The van der Waals surface area contributed by atoms with Crippen LogP contribution in [0.3, 0.4) is 0 Å². The fraction of sp³-hybridized carbons (Fsp3) is 0.200. The second-order valence-corrected chi connectivity index (χ2v) is 7.09. The van der Waals surface area contributed by atoms with Crippen LogP contribution in [0.25, 0.3) is 0 Å². The molecule has 3 aromatic carbocycles. The number of rotatable bonds is 9. The third-order valence-corrected chi connectivity index (χ3v) is 4.76. The van der Waals surface area contributed by atoms with Crippen molar-refractivity contribution < 1.29 is 28.5 Å². The Bertz CT molecular complexity index is 1130. The Balaban J connectivity index is 1.64. The number of hydrogen-bond acceptors (Lipinski definition) is 6. The summed E-state index contributed by atoms with van der Waals surface area (Å²) in [7, 11) is 4.58. The van der Waals surface area contributed by atoms with Crippen molar-refractivity contribution in [3.8, 4) is 23.0 Å². The molecule has 8 nitrogen and oxygen atoms in total. The van der Waals surface area contributed by atoms with Gasteiger partial charge in [0.2, 0.25) is 0 Å². The summed E-state index contributed by atoms with van der Waals surface area (Å²) in [5.74, 6) is 1.25. The second kappa shape index (κ2) is 10.9. The summed E-state index contributed by atoms with van der Waals surface area (Å²) in [4.78, 5) is 25.0. The minimum absolute atomic E-state index is 0.228. The first kappa shape index (κ1) is 23.5. The minimum atomic E-state index is -0.337. The molecule has 0 aliphatic carbocycles. The number of carbonyl (C=O) groups is 2. The molecule has 0 fully saturated rings. The molecule has 172 valence electrons. The maximum absolute atomic E-state index is 12.8. The van der Waals surface area contributed by atoms with Gasteiger partial charge in [0.05, 0.1) is 27.0 Å². The minimum Gasteiger partial charge on any atom is -0.497 e. The van der Waals surface area contributed by atoms with Crippen LogP contribution in [0.1, 0.15) is 15.9 Å². The van der Waals surface area contributed by atoms with E-state index < -0.39 is 0 Å². The molecule has 0 saturated carbocycles. The summed E-state index contributed by atoms with van der Waals surface area (Å²) >= 11 is 0. The van der Waals surface area contributed by atoms with Gasteiger partial charge in [-0.05, 0) is 67.1 Å². The maximum Gasteiger partial charge on any atom is 0.262 e. The van der Waals surface area contributed by atoms with Crippen molar-refractivity contribution >= 4 is 23.2 Å². The summed E-state index contributed by atoms with van der Waals surface area (Å²) in [5, 5.41) is 5.58. The van der Waals surface area contributed by atoms with Crippen LogP contribution in [0.2, 0.25) is 0 Å². The summed E-state index contributed by atoms with van der Waals surface area (Å²) in [6.07, 6.45) is 0. The maximum atomic E-state index is 12.8. The van der Waals surface area contributed by atoms with Crippen molar-refractivity contribution in [3.63, 3.8) is 0 Å². The van der Waals surface area contributed by atoms with E-state index >= 15 is 0 Å². The molecule has 3 rings (SSSR count). The van der Waals surface area contributed by atoms with Gasteiger partial charge in [-0.3, -0.25) is 9.59 Å². The molecule has 0 spiro atoms. The molecule has 0 saturated heterocycles. The third kappa shape index (κ3) is 6.16. The number of benzene rings is 3. The van der Waals surface area contributed by atoms with Gasteiger partial charge in [0.25, 0.3) is 11.8 Å². The molecule has 2 N–H and O–H groups in total. The van der Waals surface area contributed by atoms with E-state index in [4.69, 9.17) is 18.9 Å². The summed E-state index contributed by atoms with van der Waals surface area (Å²) in [6.45, 7) is 1.70. The van der Waals surface area contributed by atoms with Gasteiger partial charge >= 0.3 is 0 Å². The van der Waals surface area contributed by atoms with Crippen LogP contribution >= 0.6 is 0 Å². The SMILES string of the molecule is COc1ccc(NC(=O)COc2ccc(C(=O)Nc3cc(C)ccc3OC)cc2OC)cc1. The lowest BCUT2D eigenvalue weighted by Gasteiger charge is -2.14. The highest BCUT2D eigenvalue weighted by molar-refractivity contribution is 6.05. The van der Waals surface area contributed by atoms with Gasteiger partial charge in [-0.1, -0.05) is 6.07 Å². The standard InChI is InChI=1S/C25H26N2O6/c1-16-5-11-21(31-3)20(13-16)27-25(29)17-6-12-22(23(14-17)32-4)33-15-24(28)26-18-7-9-19(30-2)10-8-18/h5-14H,15H2,1-4H3,(H,26,28)(H,27,29). The molecule has 0 aromatic heterocycles. The van der Waals surface area contributed by atoms with E-state index in [1.54, 1.807) is 62.8 Å². The van der Waals surface area contributed by atoms with Crippen molar-refractivity contribution in [2.75, 3.05) is 38.6 Å². The fourth-order valence-electron chi connectivity index (χ4n) is 3.06. The van der Waals surface area contributed by atoms with Crippen molar-refractivity contribution in [2.45, 2.75) is 6.92 Å². The number of nitrogens with one attached hydrogen (secondary N) is 2. The van der Waals surface area contributed by atoms with E-state index in [1.807, 2.05) is 19.1 Å². The molecule has 0 radical (unpaired) electrons. The predicted molar refractivity (Wildman–Crippen MR) is 126 cm³/mol.